The van der Waals surface area contributed by atoms with E-state index < -0.39 is 11.6 Å². The van der Waals surface area contributed by atoms with Crippen LogP contribution in [-0.4, -0.2) is 0 Å². The van der Waals surface area contributed by atoms with E-state index in [4.69, 9.17) is 23.2 Å². The third-order valence-electron chi connectivity index (χ3n) is 2.75. The molecule has 1 unspecified atom stereocenters. The summed E-state index contributed by atoms with van der Waals surface area (Å²) < 4.78 is 26.3. The molecule has 1 N–H and O–H groups in total. The van der Waals surface area contributed by atoms with Crippen molar-refractivity contribution in [3.63, 3.8) is 0 Å². The molecule has 0 saturated heterocycles. The molecule has 5 heteroatoms. The van der Waals surface area contributed by atoms with Crippen molar-refractivity contribution < 1.29 is 8.78 Å². The van der Waals surface area contributed by atoms with Crippen molar-refractivity contribution in [3.8, 4) is 0 Å². The zero-order chi connectivity index (χ0) is 14.0. The Morgan fingerprint density at radius 3 is 2.37 bits per heavy atom. The van der Waals surface area contributed by atoms with Crippen molar-refractivity contribution in [2.45, 2.75) is 13.0 Å². The molecule has 0 fully saturated rings. The van der Waals surface area contributed by atoms with Crippen molar-refractivity contribution >= 4 is 28.9 Å². The lowest BCUT2D eigenvalue weighted by molar-refractivity contribution is 0.584. The summed E-state index contributed by atoms with van der Waals surface area (Å²) in [4.78, 5) is 0. The van der Waals surface area contributed by atoms with Crippen molar-refractivity contribution in [2.24, 2.45) is 0 Å². The van der Waals surface area contributed by atoms with Crippen LogP contribution in [0.4, 0.5) is 14.5 Å². The lowest BCUT2D eigenvalue weighted by Gasteiger charge is -2.16. The first-order chi connectivity index (χ1) is 8.97. The van der Waals surface area contributed by atoms with Crippen LogP contribution in [0.2, 0.25) is 10.0 Å². The highest BCUT2D eigenvalue weighted by molar-refractivity contribution is 6.42. The monoisotopic (exact) mass is 301 g/mol. The molecule has 0 aliphatic carbocycles. The second-order valence-electron chi connectivity index (χ2n) is 4.16. The molecule has 0 amide bonds. The van der Waals surface area contributed by atoms with Gasteiger partial charge in [0.25, 0.3) is 0 Å². The Labute approximate surface area is 120 Å². The number of rotatable bonds is 3. The summed E-state index contributed by atoms with van der Waals surface area (Å²) in [5.74, 6) is -1.24. The summed E-state index contributed by atoms with van der Waals surface area (Å²) >= 11 is 11.8. The topological polar surface area (TPSA) is 12.0 Å². The zero-order valence-corrected chi connectivity index (χ0v) is 11.6. The highest BCUT2D eigenvalue weighted by Gasteiger charge is 2.10. The van der Waals surface area contributed by atoms with Gasteiger partial charge >= 0.3 is 0 Å². The molecular weight excluding hydrogens is 291 g/mol. The van der Waals surface area contributed by atoms with E-state index in [-0.39, 0.29) is 11.7 Å². The minimum absolute atomic E-state index is 0.185. The highest BCUT2D eigenvalue weighted by atomic mass is 35.5. The fourth-order valence-corrected chi connectivity index (χ4v) is 2.01. The second-order valence-corrected chi connectivity index (χ2v) is 4.98. The van der Waals surface area contributed by atoms with Crippen LogP contribution in [0.5, 0.6) is 0 Å². The molecule has 0 heterocycles. The maximum absolute atomic E-state index is 13.5. The van der Waals surface area contributed by atoms with Gasteiger partial charge in [0.1, 0.15) is 11.6 Å². The molecule has 2 aromatic carbocycles. The van der Waals surface area contributed by atoms with Gasteiger partial charge in [-0.3, -0.25) is 0 Å². The Morgan fingerprint density at radius 1 is 1.00 bits per heavy atom. The summed E-state index contributed by atoms with van der Waals surface area (Å²) in [7, 11) is 0. The van der Waals surface area contributed by atoms with Gasteiger partial charge < -0.3 is 5.32 Å². The number of anilines is 1. The Hall–Kier alpha value is -1.32. The molecule has 0 aliphatic heterocycles. The number of benzene rings is 2. The van der Waals surface area contributed by atoms with Crippen LogP contribution in [0.1, 0.15) is 18.5 Å². The molecule has 0 aliphatic rings. The molecule has 0 saturated carbocycles. The van der Waals surface area contributed by atoms with Gasteiger partial charge in [-0.2, -0.15) is 0 Å². The van der Waals surface area contributed by atoms with Crippen molar-refractivity contribution in [2.75, 3.05) is 5.32 Å². The van der Waals surface area contributed by atoms with Crippen molar-refractivity contribution in [3.05, 3.63) is 63.6 Å². The molecular formula is C14H11Cl2F2N. The number of nitrogens with one attached hydrogen (secondary N) is 1. The van der Waals surface area contributed by atoms with Gasteiger partial charge in [-0.1, -0.05) is 29.3 Å². The van der Waals surface area contributed by atoms with Crippen LogP contribution in [0.15, 0.2) is 36.4 Å². The standard InChI is InChI=1S/C14H11Cl2F2N/c1-8(9-2-4-11(15)12(16)6-9)19-14-5-3-10(17)7-13(14)18/h2-8,19H,1H3. The molecule has 1 atom stereocenters. The van der Waals surface area contributed by atoms with Crippen LogP contribution < -0.4 is 5.32 Å². The second kappa shape index (κ2) is 5.76. The fraction of sp³-hybridized carbons (Fsp3) is 0.143. The average molecular weight is 302 g/mol. The van der Waals surface area contributed by atoms with E-state index in [1.807, 2.05) is 6.92 Å². The number of halogens is 4. The van der Waals surface area contributed by atoms with E-state index in [9.17, 15) is 8.78 Å². The van der Waals surface area contributed by atoms with Gasteiger partial charge in [0, 0.05) is 12.1 Å². The van der Waals surface area contributed by atoms with Gasteiger partial charge in [-0.05, 0) is 36.8 Å². The Morgan fingerprint density at radius 2 is 1.74 bits per heavy atom. The molecule has 100 valence electrons. The smallest absolute Gasteiger partial charge is 0.149 e. The molecule has 19 heavy (non-hydrogen) atoms. The molecule has 0 spiro atoms. The van der Waals surface area contributed by atoms with Gasteiger partial charge in [0.15, 0.2) is 0 Å². The summed E-state index contributed by atoms with van der Waals surface area (Å²) in [6.07, 6.45) is 0. The van der Waals surface area contributed by atoms with E-state index in [0.717, 1.165) is 11.6 Å². The average Bonchev–Trinajstić information content (AvgIpc) is 2.36. The first-order valence-electron chi connectivity index (χ1n) is 5.64. The van der Waals surface area contributed by atoms with Crippen LogP contribution in [0, 0.1) is 11.6 Å². The SMILES string of the molecule is CC(Nc1ccc(F)cc1F)c1ccc(Cl)c(Cl)c1. The van der Waals surface area contributed by atoms with Gasteiger partial charge in [0.2, 0.25) is 0 Å². The van der Waals surface area contributed by atoms with Crippen LogP contribution in [0.3, 0.4) is 0 Å². The Bertz CT molecular complexity index is 602. The predicted octanol–water partition coefficient (Wildman–Crippen LogP) is 5.44. The number of hydrogen-bond acceptors (Lipinski definition) is 1. The van der Waals surface area contributed by atoms with E-state index in [2.05, 4.69) is 5.32 Å². The van der Waals surface area contributed by atoms with Crippen LogP contribution in [0.25, 0.3) is 0 Å². The maximum atomic E-state index is 13.5. The zero-order valence-electron chi connectivity index (χ0n) is 10.1. The third-order valence-corrected chi connectivity index (χ3v) is 3.49. The third kappa shape index (κ3) is 3.37. The number of hydrogen-bond donors (Lipinski definition) is 1. The van der Waals surface area contributed by atoms with E-state index in [1.165, 1.54) is 12.1 Å². The van der Waals surface area contributed by atoms with E-state index in [0.29, 0.717) is 10.0 Å². The first-order valence-corrected chi connectivity index (χ1v) is 6.39. The quantitative estimate of drug-likeness (QED) is 0.795. The van der Waals surface area contributed by atoms with E-state index in [1.54, 1.807) is 18.2 Å². The molecule has 2 aromatic rings. The molecule has 1 nitrogen and oxygen atoms in total. The lowest BCUT2D eigenvalue weighted by Crippen LogP contribution is -2.08. The van der Waals surface area contributed by atoms with E-state index >= 15 is 0 Å². The largest absolute Gasteiger partial charge is 0.376 e. The Balaban J connectivity index is 2.20. The molecule has 0 bridgehead atoms. The van der Waals surface area contributed by atoms with Gasteiger partial charge in [-0.15, -0.1) is 0 Å². The molecule has 0 aromatic heterocycles. The fourth-order valence-electron chi connectivity index (χ4n) is 1.70. The van der Waals surface area contributed by atoms with Crippen LogP contribution >= 0.6 is 23.2 Å². The minimum atomic E-state index is -0.632. The van der Waals surface area contributed by atoms with Crippen molar-refractivity contribution in [1.82, 2.24) is 0 Å². The van der Waals surface area contributed by atoms with Crippen LogP contribution in [-0.2, 0) is 0 Å². The summed E-state index contributed by atoms with van der Waals surface area (Å²) in [5, 5.41) is 3.86. The first kappa shape index (κ1) is 14.1. The summed E-state index contributed by atoms with van der Waals surface area (Å²) in [6.45, 7) is 1.85. The summed E-state index contributed by atoms with van der Waals surface area (Å²) in [6, 6.07) is 8.40. The molecule has 0 radical (unpaired) electrons. The van der Waals surface area contributed by atoms with Gasteiger partial charge in [0.05, 0.1) is 15.7 Å². The normalized spacial score (nSPS) is 12.3. The maximum Gasteiger partial charge on any atom is 0.149 e. The minimum Gasteiger partial charge on any atom is -0.376 e. The lowest BCUT2D eigenvalue weighted by atomic mass is 10.1. The predicted molar refractivity (Wildman–Crippen MR) is 74.9 cm³/mol. The molecule has 2 rings (SSSR count). The van der Waals surface area contributed by atoms with Gasteiger partial charge in [-0.25, -0.2) is 8.78 Å². The summed E-state index contributed by atoms with van der Waals surface area (Å²) in [5.41, 5.74) is 1.10. The Kier molecular flexibility index (Phi) is 4.27. The highest BCUT2D eigenvalue weighted by Crippen LogP contribution is 2.28. The van der Waals surface area contributed by atoms with Crippen molar-refractivity contribution in [1.29, 1.82) is 0 Å².